The van der Waals surface area contributed by atoms with Gasteiger partial charge in [-0.05, 0) is 13.0 Å². The van der Waals surface area contributed by atoms with Crippen LogP contribution in [0.1, 0.15) is 5.56 Å². The smallest absolute Gasteiger partial charge is 0.201 e. The Morgan fingerprint density at radius 2 is 2.18 bits per heavy atom. The maximum Gasteiger partial charge on any atom is 0.201 e. The Balaban J connectivity index is 3.05. The van der Waals surface area contributed by atoms with Crippen LogP contribution in [0.5, 0.6) is 0 Å². The van der Waals surface area contributed by atoms with Gasteiger partial charge in [0.15, 0.2) is 5.84 Å². The number of anilines is 1. The van der Waals surface area contributed by atoms with Crippen molar-refractivity contribution in [3.63, 3.8) is 0 Å². The van der Waals surface area contributed by atoms with E-state index in [0.29, 0.717) is 0 Å². The van der Waals surface area contributed by atoms with Gasteiger partial charge >= 0.3 is 0 Å². The third-order valence-corrected chi connectivity index (χ3v) is 1.96. The van der Waals surface area contributed by atoms with Gasteiger partial charge in [-0.1, -0.05) is 0 Å². The third-order valence-electron chi connectivity index (χ3n) is 1.96. The molecule has 17 heavy (non-hydrogen) atoms. The molecule has 0 radical (unpaired) electrons. The lowest BCUT2D eigenvalue weighted by Gasteiger charge is -2.06. The molecule has 0 aliphatic carbocycles. The molecule has 1 aromatic rings. The topological polar surface area (TPSA) is 98.0 Å². The Hall–Kier alpha value is -2.49. The number of nitrogens with two attached hydrogens (primary N) is 1. The van der Waals surface area contributed by atoms with Crippen LogP contribution in [-0.2, 0) is 0 Å². The molecule has 0 spiro atoms. The lowest BCUT2D eigenvalue weighted by Crippen LogP contribution is -2.22. The predicted molar refractivity (Wildman–Crippen MR) is 59.7 cm³/mol. The average Bonchev–Trinajstić information content (AvgIpc) is 2.25. The molecule has 0 aliphatic rings. The summed E-state index contributed by atoms with van der Waals surface area (Å²) in [4.78, 5) is 0. The van der Waals surface area contributed by atoms with Crippen LogP contribution in [-0.4, -0.2) is 11.5 Å². The van der Waals surface area contributed by atoms with Crippen molar-refractivity contribution in [2.75, 3.05) is 5.43 Å². The normalized spacial score (nSPS) is 10.8. The van der Waals surface area contributed by atoms with Crippen LogP contribution in [0.3, 0.4) is 0 Å². The van der Waals surface area contributed by atoms with Gasteiger partial charge in [-0.2, -0.15) is 10.4 Å². The summed E-state index contributed by atoms with van der Waals surface area (Å²) in [6, 6.07) is 3.33. The highest BCUT2D eigenvalue weighted by atomic mass is 19.1. The second-order valence-electron chi connectivity index (χ2n) is 3.16. The van der Waals surface area contributed by atoms with E-state index < -0.39 is 17.5 Å². The van der Waals surface area contributed by atoms with Crippen molar-refractivity contribution < 1.29 is 8.78 Å². The first-order valence-corrected chi connectivity index (χ1v) is 4.49. The zero-order valence-corrected chi connectivity index (χ0v) is 8.88. The molecule has 4 N–H and O–H groups in total. The van der Waals surface area contributed by atoms with Gasteiger partial charge in [0.25, 0.3) is 0 Å². The first-order valence-electron chi connectivity index (χ1n) is 4.49. The highest BCUT2D eigenvalue weighted by Gasteiger charge is 2.07. The molecule has 0 unspecified atom stereocenters. The van der Waals surface area contributed by atoms with E-state index in [0.717, 1.165) is 12.1 Å². The van der Waals surface area contributed by atoms with E-state index in [1.54, 1.807) is 6.07 Å². The van der Waals surface area contributed by atoms with Crippen molar-refractivity contribution in [1.82, 2.24) is 0 Å². The fourth-order valence-corrected chi connectivity index (χ4v) is 1.02. The number of benzene rings is 1. The third kappa shape index (κ3) is 2.98. The summed E-state index contributed by atoms with van der Waals surface area (Å²) in [6.07, 6.45) is 0. The summed E-state index contributed by atoms with van der Waals surface area (Å²) in [7, 11) is 0. The average molecular weight is 237 g/mol. The van der Waals surface area contributed by atoms with E-state index in [2.05, 4.69) is 10.5 Å². The number of amidine groups is 1. The molecule has 5 nitrogen and oxygen atoms in total. The van der Waals surface area contributed by atoms with Gasteiger partial charge in [0.1, 0.15) is 17.7 Å². The van der Waals surface area contributed by atoms with E-state index in [1.165, 1.54) is 6.92 Å². The number of hydrogen-bond acceptors (Lipinski definition) is 4. The van der Waals surface area contributed by atoms with Gasteiger partial charge in [0, 0.05) is 11.6 Å². The lowest BCUT2D eigenvalue weighted by molar-refractivity contribution is 0.578. The Labute approximate surface area is 96.1 Å². The molecule has 0 aliphatic heterocycles. The van der Waals surface area contributed by atoms with Crippen LogP contribution in [0.2, 0.25) is 0 Å². The van der Waals surface area contributed by atoms with Crippen molar-refractivity contribution in [3.05, 3.63) is 29.3 Å². The lowest BCUT2D eigenvalue weighted by atomic mass is 10.2. The predicted octanol–water partition coefficient (Wildman–Crippen LogP) is 1.50. The molecule has 0 atom stereocenters. The Morgan fingerprint density at radius 3 is 2.71 bits per heavy atom. The highest BCUT2D eigenvalue weighted by Crippen LogP contribution is 2.19. The largest absolute Gasteiger partial charge is 0.382 e. The summed E-state index contributed by atoms with van der Waals surface area (Å²) < 4.78 is 26.1. The molecule has 0 bridgehead atoms. The number of nitrogens with one attached hydrogen (secondary N) is 2. The van der Waals surface area contributed by atoms with Crippen molar-refractivity contribution >= 4 is 17.2 Å². The quantitative estimate of drug-likeness (QED) is 0.422. The van der Waals surface area contributed by atoms with Crippen LogP contribution in [0.15, 0.2) is 17.2 Å². The van der Waals surface area contributed by atoms with E-state index in [4.69, 9.17) is 16.4 Å². The van der Waals surface area contributed by atoms with Crippen LogP contribution in [0.4, 0.5) is 14.5 Å². The van der Waals surface area contributed by atoms with Gasteiger partial charge in [0.2, 0.25) is 5.71 Å². The molecule has 1 rings (SSSR count). The molecule has 0 heterocycles. The molecule has 0 saturated carbocycles. The molecule has 7 heteroatoms. The first kappa shape index (κ1) is 12.6. The summed E-state index contributed by atoms with van der Waals surface area (Å²) >= 11 is 0. The van der Waals surface area contributed by atoms with Crippen LogP contribution >= 0.6 is 0 Å². The van der Waals surface area contributed by atoms with E-state index in [9.17, 15) is 8.78 Å². The molecule has 1 aromatic carbocycles. The van der Waals surface area contributed by atoms with Gasteiger partial charge < -0.3 is 5.73 Å². The maximum absolute atomic E-state index is 13.1. The van der Waals surface area contributed by atoms with Gasteiger partial charge in [-0.3, -0.25) is 10.8 Å². The van der Waals surface area contributed by atoms with Crippen LogP contribution in [0, 0.1) is 35.3 Å². The maximum atomic E-state index is 13.1. The second-order valence-corrected chi connectivity index (χ2v) is 3.16. The van der Waals surface area contributed by atoms with Crippen molar-refractivity contribution in [1.29, 1.82) is 10.7 Å². The SMILES string of the molecule is Cc1c(F)cc(F)cc1N/N=C(\C#N)C(=N)N. The minimum atomic E-state index is -0.771. The zero-order chi connectivity index (χ0) is 13.0. The molecule has 0 saturated heterocycles. The Morgan fingerprint density at radius 1 is 1.53 bits per heavy atom. The summed E-state index contributed by atoms with van der Waals surface area (Å²) in [5, 5.41) is 19.0. The molecule has 88 valence electrons. The van der Waals surface area contributed by atoms with Crippen LogP contribution < -0.4 is 11.2 Å². The van der Waals surface area contributed by atoms with Crippen LogP contribution in [0.25, 0.3) is 0 Å². The number of hydrazone groups is 1. The highest BCUT2D eigenvalue weighted by molar-refractivity contribution is 6.45. The van der Waals surface area contributed by atoms with E-state index in [-0.39, 0.29) is 17.0 Å². The molecular formula is C10H9F2N5. The Bertz CT molecular complexity index is 530. The summed E-state index contributed by atoms with van der Waals surface area (Å²) in [5.74, 6) is -2.04. The molecular weight excluding hydrogens is 228 g/mol. The fourth-order valence-electron chi connectivity index (χ4n) is 1.02. The monoisotopic (exact) mass is 237 g/mol. The van der Waals surface area contributed by atoms with Gasteiger partial charge in [-0.15, -0.1) is 0 Å². The number of hydrogen-bond donors (Lipinski definition) is 3. The molecule has 0 amide bonds. The minimum absolute atomic E-state index is 0.0662. The molecule has 0 aromatic heterocycles. The second kappa shape index (κ2) is 5.03. The first-order chi connectivity index (χ1) is 7.95. The molecule has 0 fully saturated rings. The standard InChI is InChI=1S/C10H9F2N5/c1-5-7(12)2-6(11)3-8(5)16-17-9(4-13)10(14)15/h2-3,16H,1H3,(H3,14,15)/b17-9+. The summed E-state index contributed by atoms with van der Waals surface area (Å²) in [5.41, 5.74) is 7.19. The van der Waals surface area contributed by atoms with Crippen molar-refractivity contribution in [2.45, 2.75) is 6.92 Å². The Kier molecular flexibility index (Phi) is 3.72. The van der Waals surface area contributed by atoms with E-state index in [1.807, 2.05) is 0 Å². The number of halogens is 2. The zero-order valence-electron chi connectivity index (χ0n) is 8.88. The number of nitrogens with zero attached hydrogens (tertiary/aromatic N) is 2. The minimum Gasteiger partial charge on any atom is -0.382 e. The van der Waals surface area contributed by atoms with E-state index >= 15 is 0 Å². The van der Waals surface area contributed by atoms with Crippen molar-refractivity contribution in [3.8, 4) is 6.07 Å². The number of nitriles is 1. The number of rotatable bonds is 3. The van der Waals surface area contributed by atoms with Crippen molar-refractivity contribution in [2.24, 2.45) is 10.8 Å². The summed E-state index contributed by atoms with van der Waals surface area (Å²) in [6.45, 7) is 1.42. The fraction of sp³-hybridized carbons (Fsp3) is 0.100. The van der Waals surface area contributed by atoms with Gasteiger partial charge in [0.05, 0.1) is 5.69 Å². The van der Waals surface area contributed by atoms with Gasteiger partial charge in [-0.25, -0.2) is 8.78 Å².